The Morgan fingerprint density at radius 1 is 1.24 bits per heavy atom. The highest BCUT2D eigenvalue weighted by molar-refractivity contribution is 7.22. The first-order valence-corrected chi connectivity index (χ1v) is 6.92. The topological polar surface area (TPSA) is 19.4 Å². The molecule has 0 aliphatic carbocycles. The van der Waals surface area contributed by atoms with Gasteiger partial charge in [-0.05, 0) is 19.2 Å². The van der Waals surface area contributed by atoms with Gasteiger partial charge in [-0.15, -0.1) is 11.3 Å². The second-order valence-electron chi connectivity index (χ2n) is 4.38. The average molecular weight is 268 g/mol. The maximum Gasteiger partial charge on any atom is 0.184 e. The van der Waals surface area contributed by atoms with E-state index in [2.05, 4.69) is 40.0 Å². The Hall–Kier alpha value is -0.840. The van der Waals surface area contributed by atoms with Gasteiger partial charge in [-0.25, -0.2) is 4.98 Å². The number of anilines is 1. The first-order valence-electron chi connectivity index (χ1n) is 5.72. The van der Waals surface area contributed by atoms with Crippen LogP contribution in [0, 0.1) is 0 Å². The largest absolute Gasteiger partial charge is 0.367 e. The van der Waals surface area contributed by atoms with E-state index in [1.54, 1.807) is 11.3 Å². The van der Waals surface area contributed by atoms with E-state index in [4.69, 9.17) is 11.6 Å². The van der Waals surface area contributed by atoms with Crippen LogP contribution in [-0.4, -0.2) is 43.1 Å². The molecule has 5 heteroatoms. The number of thiazole rings is 1. The molecule has 1 aliphatic heterocycles. The molecule has 2 aromatic rings. The number of hydrogen-bond donors (Lipinski definition) is 0. The second-order valence-corrected chi connectivity index (χ2v) is 5.99. The average Bonchev–Trinajstić information content (AvgIpc) is 2.70. The predicted octanol–water partition coefficient (Wildman–Crippen LogP) is 2.70. The number of piperazine rings is 1. The van der Waals surface area contributed by atoms with Gasteiger partial charge in [-0.2, -0.15) is 0 Å². The molecule has 3 nitrogen and oxygen atoms in total. The van der Waals surface area contributed by atoms with Crippen LogP contribution in [0.2, 0.25) is 4.47 Å². The summed E-state index contributed by atoms with van der Waals surface area (Å²) in [5.74, 6) is 0. The number of hydrogen-bond acceptors (Lipinski definition) is 4. The van der Waals surface area contributed by atoms with E-state index in [-0.39, 0.29) is 0 Å². The van der Waals surface area contributed by atoms with Crippen molar-refractivity contribution in [3.8, 4) is 0 Å². The van der Waals surface area contributed by atoms with Crippen LogP contribution in [-0.2, 0) is 0 Å². The molecule has 90 valence electrons. The van der Waals surface area contributed by atoms with Crippen molar-refractivity contribution in [3.05, 3.63) is 22.7 Å². The first kappa shape index (κ1) is 11.3. The summed E-state index contributed by atoms with van der Waals surface area (Å²) in [7, 11) is 2.16. The molecule has 0 spiro atoms. The molecule has 0 bridgehead atoms. The van der Waals surface area contributed by atoms with E-state index >= 15 is 0 Å². The van der Waals surface area contributed by atoms with Crippen LogP contribution < -0.4 is 4.90 Å². The van der Waals surface area contributed by atoms with Crippen molar-refractivity contribution in [3.63, 3.8) is 0 Å². The number of aromatic nitrogens is 1. The fourth-order valence-corrected chi connectivity index (χ4v) is 3.26. The zero-order valence-corrected chi connectivity index (χ0v) is 11.3. The van der Waals surface area contributed by atoms with Gasteiger partial charge in [0.05, 0.1) is 10.4 Å². The quantitative estimate of drug-likeness (QED) is 0.792. The highest BCUT2D eigenvalue weighted by Gasteiger charge is 2.17. The third-order valence-corrected chi connectivity index (χ3v) is 4.34. The highest BCUT2D eigenvalue weighted by atomic mass is 35.5. The van der Waals surface area contributed by atoms with Gasteiger partial charge in [-0.3, -0.25) is 0 Å². The van der Waals surface area contributed by atoms with Crippen molar-refractivity contribution in [2.24, 2.45) is 0 Å². The lowest BCUT2D eigenvalue weighted by atomic mass is 10.2. The lowest BCUT2D eigenvalue weighted by Gasteiger charge is -2.34. The molecule has 1 aliphatic rings. The van der Waals surface area contributed by atoms with Crippen LogP contribution in [0.5, 0.6) is 0 Å². The van der Waals surface area contributed by atoms with Crippen molar-refractivity contribution >= 4 is 38.8 Å². The summed E-state index contributed by atoms with van der Waals surface area (Å²) in [6.07, 6.45) is 0. The lowest BCUT2D eigenvalue weighted by molar-refractivity contribution is 0.313. The zero-order chi connectivity index (χ0) is 11.8. The summed E-state index contributed by atoms with van der Waals surface area (Å²) in [5.41, 5.74) is 2.27. The summed E-state index contributed by atoms with van der Waals surface area (Å²) < 4.78 is 1.80. The predicted molar refractivity (Wildman–Crippen MR) is 74.3 cm³/mol. The highest BCUT2D eigenvalue weighted by Crippen LogP contribution is 2.32. The molecule has 0 unspecified atom stereocenters. The number of fused-ring (bicyclic) bond motifs is 1. The Labute approximate surface area is 110 Å². The van der Waals surface area contributed by atoms with Crippen LogP contribution in [0.4, 0.5) is 5.69 Å². The maximum absolute atomic E-state index is 6.00. The third kappa shape index (κ3) is 2.12. The second kappa shape index (κ2) is 4.44. The smallest absolute Gasteiger partial charge is 0.184 e. The van der Waals surface area contributed by atoms with E-state index < -0.39 is 0 Å². The van der Waals surface area contributed by atoms with E-state index in [9.17, 15) is 0 Å². The number of benzene rings is 1. The van der Waals surface area contributed by atoms with Crippen molar-refractivity contribution in [1.29, 1.82) is 0 Å². The van der Waals surface area contributed by atoms with Gasteiger partial charge in [0.1, 0.15) is 5.52 Å². The first-order chi connectivity index (χ1) is 8.24. The normalized spacial score (nSPS) is 17.9. The number of likely N-dealkylation sites (N-methyl/N-ethyl adjacent to an activating group) is 1. The Morgan fingerprint density at radius 3 is 2.76 bits per heavy atom. The number of halogens is 1. The van der Waals surface area contributed by atoms with Crippen molar-refractivity contribution in [1.82, 2.24) is 9.88 Å². The van der Waals surface area contributed by atoms with Crippen LogP contribution >= 0.6 is 22.9 Å². The van der Waals surface area contributed by atoms with Gasteiger partial charge in [0.25, 0.3) is 0 Å². The van der Waals surface area contributed by atoms with Crippen LogP contribution in [0.15, 0.2) is 18.2 Å². The molecular weight excluding hydrogens is 254 g/mol. The van der Waals surface area contributed by atoms with Crippen LogP contribution in [0.1, 0.15) is 0 Å². The molecule has 1 aromatic carbocycles. The zero-order valence-electron chi connectivity index (χ0n) is 9.69. The fourth-order valence-electron chi connectivity index (χ4n) is 2.21. The molecule has 17 heavy (non-hydrogen) atoms. The van der Waals surface area contributed by atoms with E-state index in [0.29, 0.717) is 4.47 Å². The van der Waals surface area contributed by atoms with Crippen molar-refractivity contribution in [2.75, 3.05) is 38.1 Å². The molecule has 0 amide bonds. The SMILES string of the molecule is CN1CCN(c2cccc3sc(Cl)nc23)CC1. The molecule has 0 N–H and O–H groups in total. The molecule has 1 aromatic heterocycles. The lowest BCUT2D eigenvalue weighted by Crippen LogP contribution is -2.44. The van der Waals surface area contributed by atoms with E-state index in [1.807, 2.05) is 0 Å². The summed E-state index contributed by atoms with van der Waals surface area (Å²) in [6.45, 7) is 4.33. The van der Waals surface area contributed by atoms with Gasteiger partial charge in [0.15, 0.2) is 4.47 Å². The Kier molecular flexibility index (Phi) is 2.94. The summed E-state index contributed by atoms with van der Waals surface area (Å²) >= 11 is 7.55. The molecule has 2 heterocycles. The van der Waals surface area contributed by atoms with Crippen LogP contribution in [0.3, 0.4) is 0 Å². The van der Waals surface area contributed by atoms with Gasteiger partial charge >= 0.3 is 0 Å². The van der Waals surface area contributed by atoms with Crippen LogP contribution in [0.25, 0.3) is 10.2 Å². The Morgan fingerprint density at radius 2 is 2.00 bits per heavy atom. The molecule has 0 atom stereocenters. The number of nitrogens with zero attached hydrogens (tertiary/aromatic N) is 3. The third-order valence-electron chi connectivity index (χ3n) is 3.22. The summed E-state index contributed by atoms with van der Waals surface area (Å²) in [6, 6.07) is 6.31. The maximum atomic E-state index is 6.00. The van der Waals surface area contributed by atoms with E-state index in [0.717, 1.165) is 31.7 Å². The fraction of sp³-hybridized carbons (Fsp3) is 0.417. The number of rotatable bonds is 1. The minimum Gasteiger partial charge on any atom is -0.367 e. The number of para-hydroxylation sites is 1. The summed E-state index contributed by atoms with van der Waals surface area (Å²) in [4.78, 5) is 9.19. The molecule has 0 radical (unpaired) electrons. The van der Waals surface area contributed by atoms with Gasteiger partial charge in [0.2, 0.25) is 0 Å². The van der Waals surface area contributed by atoms with Gasteiger partial charge < -0.3 is 9.80 Å². The minimum atomic E-state index is 0.626. The van der Waals surface area contributed by atoms with E-state index in [1.165, 1.54) is 10.4 Å². The Bertz CT molecular complexity index is 532. The minimum absolute atomic E-state index is 0.626. The Balaban J connectivity index is 1.99. The summed E-state index contributed by atoms with van der Waals surface area (Å²) in [5, 5.41) is 0. The van der Waals surface area contributed by atoms with Gasteiger partial charge in [-0.1, -0.05) is 17.7 Å². The molecule has 1 saturated heterocycles. The molecular formula is C12H14ClN3S. The monoisotopic (exact) mass is 267 g/mol. The standard InChI is InChI=1S/C12H14ClN3S/c1-15-5-7-16(8-6-15)9-3-2-4-10-11(9)14-12(13)17-10/h2-4H,5-8H2,1H3. The molecule has 0 saturated carbocycles. The van der Waals surface area contributed by atoms with Gasteiger partial charge in [0, 0.05) is 26.2 Å². The molecule has 3 rings (SSSR count). The van der Waals surface area contributed by atoms with Crippen molar-refractivity contribution < 1.29 is 0 Å². The van der Waals surface area contributed by atoms with Crippen molar-refractivity contribution in [2.45, 2.75) is 0 Å². The molecule has 1 fully saturated rings.